The van der Waals surface area contributed by atoms with Gasteiger partial charge >= 0.3 is 0 Å². The standard InChI is InChI=1S/C18H27N3O3/c1-14-6-5-9-21(11-14)13-18(23)20(2)12-17(22)19-15-7-4-8-16(10-15)24-3/h4,7-8,10,14H,5-6,9,11-13H2,1-3H3,(H,19,22)/p+1/t14-/m0/s1. The lowest BCUT2D eigenvalue weighted by molar-refractivity contribution is -0.900. The zero-order chi connectivity index (χ0) is 17.5. The molecule has 0 spiro atoms. The van der Waals surface area contributed by atoms with Crippen LogP contribution in [0.1, 0.15) is 19.8 Å². The molecular formula is C18H28N3O3+. The van der Waals surface area contributed by atoms with Crippen molar-refractivity contribution in [1.82, 2.24) is 4.90 Å². The molecule has 0 aromatic heterocycles. The van der Waals surface area contributed by atoms with E-state index >= 15 is 0 Å². The lowest BCUT2D eigenvalue weighted by Crippen LogP contribution is -3.14. The van der Waals surface area contributed by atoms with E-state index in [9.17, 15) is 9.59 Å². The first kappa shape index (κ1) is 18.3. The second kappa shape index (κ2) is 8.68. The van der Waals surface area contributed by atoms with Crippen molar-refractivity contribution >= 4 is 17.5 Å². The molecule has 6 nitrogen and oxygen atoms in total. The van der Waals surface area contributed by atoms with Crippen molar-refractivity contribution in [3.8, 4) is 5.75 Å². The highest BCUT2D eigenvalue weighted by molar-refractivity contribution is 5.94. The molecule has 1 fully saturated rings. The average molecular weight is 334 g/mol. The Morgan fingerprint density at radius 2 is 2.21 bits per heavy atom. The summed E-state index contributed by atoms with van der Waals surface area (Å²) in [5.74, 6) is 1.16. The summed E-state index contributed by atoms with van der Waals surface area (Å²) in [5.41, 5.74) is 0.663. The third-order valence-corrected chi connectivity index (χ3v) is 4.43. The van der Waals surface area contributed by atoms with Crippen molar-refractivity contribution in [2.45, 2.75) is 19.8 Å². The van der Waals surface area contributed by atoms with Gasteiger partial charge in [0, 0.05) is 24.7 Å². The van der Waals surface area contributed by atoms with E-state index in [1.165, 1.54) is 22.6 Å². The van der Waals surface area contributed by atoms with Gasteiger partial charge < -0.3 is 19.9 Å². The van der Waals surface area contributed by atoms with Crippen LogP contribution in [0.3, 0.4) is 0 Å². The molecule has 1 aromatic carbocycles. The fraction of sp³-hybridized carbons (Fsp3) is 0.556. The summed E-state index contributed by atoms with van der Waals surface area (Å²) in [6.45, 7) is 4.83. The Balaban J connectivity index is 1.80. The van der Waals surface area contributed by atoms with E-state index in [1.807, 2.05) is 12.1 Å². The van der Waals surface area contributed by atoms with E-state index in [4.69, 9.17) is 4.74 Å². The van der Waals surface area contributed by atoms with Crippen LogP contribution in [-0.2, 0) is 9.59 Å². The zero-order valence-corrected chi connectivity index (χ0v) is 14.8. The van der Waals surface area contributed by atoms with Gasteiger partial charge in [-0.15, -0.1) is 0 Å². The summed E-state index contributed by atoms with van der Waals surface area (Å²) >= 11 is 0. The van der Waals surface area contributed by atoms with Crippen LogP contribution in [0.25, 0.3) is 0 Å². The Labute approximate surface area is 143 Å². The zero-order valence-electron chi connectivity index (χ0n) is 14.8. The van der Waals surface area contributed by atoms with Crippen LogP contribution in [0, 0.1) is 5.92 Å². The van der Waals surface area contributed by atoms with Crippen molar-refractivity contribution in [3.05, 3.63) is 24.3 Å². The number of carbonyl (C=O) groups is 2. The van der Waals surface area contributed by atoms with Crippen molar-refractivity contribution in [2.24, 2.45) is 5.92 Å². The van der Waals surface area contributed by atoms with Gasteiger partial charge in [0.2, 0.25) is 5.91 Å². The van der Waals surface area contributed by atoms with E-state index in [-0.39, 0.29) is 18.4 Å². The van der Waals surface area contributed by atoms with Crippen molar-refractivity contribution in [1.29, 1.82) is 0 Å². The van der Waals surface area contributed by atoms with Crippen LogP contribution in [0.15, 0.2) is 24.3 Å². The van der Waals surface area contributed by atoms with Crippen LogP contribution in [0.4, 0.5) is 5.69 Å². The molecule has 0 aliphatic carbocycles. The smallest absolute Gasteiger partial charge is 0.277 e. The molecule has 132 valence electrons. The van der Waals surface area contributed by atoms with Gasteiger partial charge in [0.15, 0.2) is 6.54 Å². The predicted octanol–water partition coefficient (Wildman–Crippen LogP) is 0.407. The Morgan fingerprint density at radius 3 is 2.92 bits per heavy atom. The molecule has 2 amide bonds. The maximum Gasteiger partial charge on any atom is 0.277 e. The van der Waals surface area contributed by atoms with Crippen molar-refractivity contribution < 1.29 is 19.2 Å². The second-order valence-corrected chi connectivity index (χ2v) is 6.66. The van der Waals surface area contributed by atoms with Gasteiger partial charge in [-0.2, -0.15) is 0 Å². The van der Waals surface area contributed by atoms with Crippen LogP contribution in [0.2, 0.25) is 0 Å². The van der Waals surface area contributed by atoms with E-state index < -0.39 is 0 Å². The molecule has 6 heteroatoms. The molecule has 1 aromatic rings. The maximum atomic E-state index is 12.3. The lowest BCUT2D eigenvalue weighted by Gasteiger charge is -2.28. The maximum absolute atomic E-state index is 12.3. The van der Waals surface area contributed by atoms with E-state index in [1.54, 1.807) is 26.3 Å². The van der Waals surface area contributed by atoms with Crippen molar-refractivity contribution in [3.63, 3.8) is 0 Å². The third kappa shape index (κ3) is 5.53. The van der Waals surface area contributed by atoms with Gasteiger partial charge in [-0.05, 0) is 25.0 Å². The minimum Gasteiger partial charge on any atom is -0.497 e. The van der Waals surface area contributed by atoms with Crippen molar-refractivity contribution in [2.75, 3.05) is 45.7 Å². The SMILES string of the molecule is COc1cccc(NC(=O)CN(C)C(=O)C[NH+]2CCC[C@H](C)C2)c1. The van der Waals surface area contributed by atoms with Gasteiger partial charge in [-0.3, -0.25) is 9.59 Å². The number of nitrogens with one attached hydrogen (secondary N) is 2. The summed E-state index contributed by atoms with van der Waals surface area (Å²) < 4.78 is 5.13. The van der Waals surface area contributed by atoms with Gasteiger partial charge in [0.05, 0.1) is 26.7 Å². The molecule has 2 atom stereocenters. The number of hydrogen-bond donors (Lipinski definition) is 2. The Bertz CT molecular complexity index is 576. The highest BCUT2D eigenvalue weighted by Crippen LogP contribution is 2.16. The van der Waals surface area contributed by atoms with Crippen LogP contribution in [-0.4, -0.2) is 57.1 Å². The number of likely N-dealkylation sites (N-methyl/N-ethyl adjacent to an activating group) is 1. The number of quaternary nitrogens is 1. The van der Waals surface area contributed by atoms with Gasteiger partial charge in [0.1, 0.15) is 5.75 Å². The molecule has 1 unspecified atom stereocenters. The number of rotatable bonds is 6. The fourth-order valence-corrected chi connectivity index (χ4v) is 3.11. The first-order valence-corrected chi connectivity index (χ1v) is 8.49. The minimum atomic E-state index is -0.207. The minimum absolute atomic E-state index is 0.0138. The summed E-state index contributed by atoms with van der Waals surface area (Å²) in [7, 11) is 3.26. The van der Waals surface area contributed by atoms with Crippen LogP contribution < -0.4 is 15.0 Å². The molecule has 1 aliphatic rings. The number of ether oxygens (including phenoxy) is 1. The van der Waals surface area contributed by atoms with E-state index in [0.29, 0.717) is 23.9 Å². The summed E-state index contributed by atoms with van der Waals surface area (Å²) in [6.07, 6.45) is 2.42. The van der Waals surface area contributed by atoms with Gasteiger partial charge in [0.25, 0.3) is 5.91 Å². The largest absolute Gasteiger partial charge is 0.497 e. The Kier molecular flexibility index (Phi) is 6.61. The third-order valence-electron chi connectivity index (χ3n) is 4.43. The number of anilines is 1. The molecule has 0 saturated carbocycles. The lowest BCUT2D eigenvalue weighted by atomic mass is 10.0. The first-order valence-electron chi connectivity index (χ1n) is 8.49. The number of carbonyl (C=O) groups excluding carboxylic acids is 2. The monoisotopic (exact) mass is 334 g/mol. The molecule has 0 radical (unpaired) electrons. The molecular weight excluding hydrogens is 306 g/mol. The topological polar surface area (TPSA) is 63.1 Å². The quantitative estimate of drug-likeness (QED) is 0.792. The number of piperidine rings is 1. The van der Waals surface area contributed by atoms with Crippen LogP contribution >= 0.6 is 0 Å². The molecule has 2 N–H and O–H groups in total. The average Bonchev–Trinajstić information content (AvgIpc) is 2.54. The Morgan fingerprint density at radius 1 is 1.42 bits per heavy atom. The van der Waals surface area contributed by atoms with Gasteiger partial charge in [-0.1, -0.05) is 13.0 Å². The number of amides is 2. The number of hydrogen-bond acceptors (Lipinski definition) is 3. The molecule has 1 heterocycles. The summed E-state index contributed by atoms with van der Waals surface area (Å²) in [4.78, 5) is 27.3. The summed E-state index contributed by atoms with van der Waals surface area (Å²) in [6, 6.07) is 7.17. The molecule has 0 bridgehead atoms. The normalized spacial score (nSPS) is 20.3. The summed E-state index contributed by atoms with van der Waals surface area (Å²) in [5, 5.41) is 2.79. The van der Waals surface area contributed by atoms with Crippen LogP contribution in [0.5, 0.6) is 5.75 Å². The fourth-order valence-electron chi connectivity index (χ4n) is 3.11. The molecule has 1 aliphatic heterocycles. The van der Waals surface area contributed by atoms with E-state index in [2.05, 4.69) is 12.2 Å². The highest BCUT2D eigenvalue weighted by atomic mass is 16.5. The Hall–Kier alpha value is -2.08. The number of methoxy groups -OCH3 is 1. The number of nitrogens with zero attached hydrogens (tertiary/aromatic N) is 1. The first-order chi connectivity index (χ1) is 11.5. The highest BCUT2D eigenvalue weighted by Gasteiger charge is 2.24. The second-order valence-electron chi connectivity index (χ2n) is 6.66. The van der Waals surface area contributed by atoms with E-state index in [0.717, 1.165) is 13.1 Å². The number of likely N-dealkylation sites (tertiary alicyclic amines) is 1. The molecule has 1 saturated heterocycles. The number of benzene rings is 1. The molecule has 2 rings (SSSR count). The van der Waals surface area contributed by atoms with Gasteiger partial charge in [-0.25, -0.2) is 0 Å². The predicted molar refractivity (Wildman–Crippen MR) is 93.2 cm³/mol. The molecule has 24 heavy (non-hydrogen) atoms.